The first kappa shape index (κ1) is 14.6. The second-order valence-electron chi connectivity index (χ2n) is 4.29. The van der Waals surface area contributed by atoms with Crippen molar-refractivity contribution < 1.29 is 21.6 Å². The van der Waals surface area contributed by atoms with Crippen molar-refractivity contribution in [3.8, 4) is 0 Å². The predicted octanol–water partition coefficient (Wildman–Crippen LogP) is 3.39. The number of hydrogen-bond acceptors (Lipinski definition) is 2. The Balaban J connectivity index is 2.33. The van der Waals surface area contributed by atoms with Gasteiger partial charge < -0.3 is 0 Å². The van der Waals surface area contributed by atoms with Gasteiger partial charge in [-0.1, -0.05) is 36.4 Å². The molecule has 2 aromatic rings. The largest absolute Gasteiger partial charge is 0.287 e. The van der Waals surface area contributed by atoms with Crippen molar-refractivity contribution in [2.75, 3.05) is 5.75 Å². The van der Waals surface area contributed by atoms with Gasteiger partial charge in [0.1, 0.15) is 11.6 Å². The van der Waals surface area contributed by atoms with Gasteiger partial charge in [-0.15, -0.1) is 0 Å². The van der Waals surface area contributed by atoms with Gasteiger partial charge in [0.15, 0.2) is 9.84 Å². The second-order valence-corrected chi connectivity index (χ2v) is 6.28. The van der Waals surface area contributed by atoms with Crippen LogP contribution in [0.3, 0.4) is 0 Å². The molecule has 0 aromatic heterocycles. The van der Waals surface area contributed by atoms with Crippen LogP contribution in [-0.2, 0) is 15.8 Å². The van der Waals surface area contributed by atoms with E-state index in [1.165, 1.54) is 18.2 Å². The van der Waals surface area contributed by atoms with Gasteiger partial charge in [0.2, 0.25) is 0 Å². The molecule has 0 fully saturated rings. The zero-order chi connectivity index (χ0) is 14.8. The molecule has 0 radical (unpaired) electrons. The van der Waals surface area contributed by atoms with E-state index in [2.05, 4.69) is 0 Å². The van der Waals surface area contributed by atoms with Crippen LogP contribution in [0.25, 0.3) is 0 Å². The molecule has 0 amide bonds. The summed E-state index contributed by atoms with van der Waals surface area (Å²) in [5.74, 6) is -5.71. The van der Waals surface area contributed by atoms with Crippen LogP contribution in [-0.4, -0.2) is 14.2 Å². The fourth-order valence-corrected chi connectivity index (χ4v) is 3.14. The van der Waals surface area contributed by atoms with Crippen molar-refractivity contribution in [2.24, 2.45) is 0 Å². The Morgan fingerprint density at radius 1 is 0.950 bits per heavy atom. The summed E-state index contributed by atoms with van der Waals surface area (Å²) in [4.78, 5) is -0.451. The first-order valence-electron chi connectivity index (χ1n) is 5.73. The highest BCUT2D eigenvalue weighted by atomic mass is 32.2. The van der Waals surface area contributed by atoms with Gasteiger partial charge in [0.05, 0.1) is 4.90 Å². The van der Waals surface area contributed by atoms with E-state index in [1.807, 2.05) is 0 Å². The number of alkyl halides is 2. The van der Waals surface area contributed by atoms with E-state index in [-0.39, 0.29) is 5.56 Å². The van der Waals surface area contributed by atoms with E-state index >= 15 is 0 Å². The molecule has 0 heterocycles. The summed E-state index contributed by atoms with van der Waals surface area (Å²) in [6.07, 6.45) is 0. The van der Waals surface area contributed by atoms with E-state index < -0.39 is 32.2 Å². The predicted molar refractivity (Wildman–Crippen MR) is 68.8 cm³/mol. The molecule has 2 aromatic carbocycles. The Hall–Kier alpha value is -1.82. The molecule has 0 spiro atoms. The van der Waals surface area contributed by atoms with Crippen molar-refractivity contribution >= 4 is 9.84 Å². The van der Waals surface area contributed by atoms with Crippen LogP contribution in [0.4, 0.5) is 13.2 Å². The van der Waals surface area contributed by atoms with Crippen molar-refractivity contribution in [1.82, 2.24) is 0 Å². The maximum absolute atomic E-state index is 14.0. The van der Waals surface area contributed by atoms with Crippen molar-refractivity contribution in [2.45, 2.75) is 10.8 Å². The third-order valence-corrected chi connectivity index (χ3v) is 4.44. The SMILES string of the molecule is O=S(=O)(CC(F)(F)c1ccccc1)c1cccc(F)c1. The maximum Gasteiger partial charge on any atom is 0.287 e. The van der Waals surface area contributed by atoms with Crippen LogP contribution in [0.5, 0.6) is 0 Å². The number of sulfone groups is 1. The fourth-order valence-electron chi connectivity index (χ4n) is 1.75. The van der Waals surface area contributed by atoms with Crippen LogP contribution < -0.4 is 0 Å². The van der Waals surface area contributed by atoms with Crippen LogP contribution in [0.1, 0.15) is 5.56 Å². The lowest BCUT2D eigenvalue weighted by molar-refractivity contribution is 0.0213. The molecule has 2 nitrogen and oxygen atoms in total. The lowest BCUT2D eigenvalue weighted by atomic mass is 10.1. The summed E-state index contributed by atoms with van der Waals surface area (Å²) >= 11 is 0. The van der Waals surface area contributed by atoms with E-state index in [4.69, 9.17) is 0 Å². The summed E-state index contributed by atoms with van der Waals surface area (Å²) in [6.45, 7) is 0. The van der Waals surface area contributed by atoms with Gasteiger partial charge in [-0.2, -0.15) is 0 Å². The summed E-state index contributed by atoms with van der Waals surface area (Å²) in [6, 6.07) is 10.7. The molecule has 0 N–H and O–H groups in total. The van der Waals surface area contributed by atoms with E-state index in [1.54, 1.807) is 6.07 Å². The lowest BCUT2D eigenvalue weighted by Gasteiger charge is -2.16. The summed E-state index contributed by atoms with van der Waals surface area (Å²) in [5.41, 5.74) is -0.389. The molecule has 2 rings (SSSR count). The molecule has 0 aliphatic heterocycles. The summed E-state index contributed by atoms with van der Waals surface area (Å²) < 4.78 is 64.8. The van der Waals surface area contributed by atoms with E-state index in [0.717, 1.165) is 30.3 Å². The molecule has 20 heavy (non-hydrogen) atoms. The number of benzene rings is 2. The van der Waals surface area contributed by atoms with E-state index in [9.17, 15) is 21.6 Å². The van der Waals surface area contributed by atoms with E-state index in [0.29, 0.717) is 0 Å². The average Bonchev–Trinajstić information content (AvgIpc) is 2.39. The zero-order valence-electron chi connectivity index (χ0n) is 10.3. The van der Waals surface area contributed by atoms with Crippen molar-refractivity contribution in [3.63, 3.8) is 0 Å². The van der Waals surface area contributed by atoms with Gasteiger partial charge in [-0.25, -0.2) is 21.6 Å². The lowest BCUT2D eigenvalue weighted by Crippen LogP contribution is -2.25. The topological polar surface area (TPSA) is 34.1 Å². The Morgan fingerprint density at radius 3 is 2.20 bits per heavy atom. The fraction of sp³-hybridized carbons (Fsp3) is 0.143. The normalized spacial score (nSPS) is 12.3. The highest BCUT2D eigenvalue weighted by Crippen LogP contribution is 2.31. The number of rotatable bonds is 4. The number of halogens is 3. The molecule has 0 bridgehead atoms. The van der Waals surface area contributed by atoms with Crippen LogP contribution in [0.2, 0.25) is 0 Å². The quantitative estimate of drug-likeness (QED) is 0.867. The second kappa shape index (κ2) is 5.28. The molecule has 0 aliphatic carbocycles. The molecule has 6 heteroatoms. The van der Waals surface area contributed by atoms with Crippen LogP contribution in [0.15, 0.2) is 59.5 Å². The van der Waals surface area contributed by atoms with Crippen LogP contribution >= 0.6 is 0 Å². The molecule has 0 aliphatic rings. The minimum Gasteiger partial charge on any atom is -0.223 e. The minimum absolute atomic E-state index is 0.389. The van der Waals surface area contributed by atoms with Crippen LogP contribution in [0, 0.1) is 5.82 Å². The van der Waals surface area contributed by atoms with Crippen molar-refractivity contribution in [1.29, 1.82) is 0 Å². The van der Waals surface area contributed by atoms with Crippen molar-refractivity contribution in [3.05, 3.63) is 66.0 Å². The highest BCUT2D eigenvalue weighted by Gasteiger charge is 2.38. The first-order valence-corrected chi connectivity index (χ1v) is 7.38. The Morgan fingerprint density at radius 2 is 1.60 bits per heavy atom. The summed E-state index contributed by atoms with van der Waals surface area (Å²) in [5, 5.41) is 0. The monoisotopic (exact) mass is 300 g/mol. The third kappa shape index (κ3) is 3.19. The molecule has 0 unspecified atom stereocenters. The maximum atomic E-state index is 14.0. The molecule has 0 saturated heterocycles. The van der Waals surface area contributed by atoms with Gasteiger partial charge in [-0.05, 0) is 18.2 Å². The molecular weight excluding hydrogens is 289 g/mol. The zero-order valence-corrected chi connectivity index (χ0v) is 11.1. The molecule has 0 saturated carbocycles. The Labute approximate surface area is 114 Å². The smallest absolute Gasteiger partial charge is 0.223 e. The molecular formula is C14H11F3O2S. The third-order valence-electron chi connectivity index (χ3n) is 2.72. The minimum atomic E-state index is -4.28. The number of hydrogen-bond donors (Lipinski definition) is 0. The molecule has 0 atom stereocenters. The van der Waals surface area contributed by atoms with Gasteiger partial charge >= 0.3 is 0 Å². The average molecular weight is 300 g/mol. The van der Waals surface area contributed by atoms with Gasteiger partial charge in [-0.3, -0.25) is 0 Å². The Kier molecular flexibility index (Phi) is 3.85. The standard InChI is InChI=1S/C14H11F3O2S/c15-12-7-4-8-13(9-12)20(18,19)10-14(16,17)11-5-2-1-3-6-11/h1-9H,10H2. The first-order chi connectivity index (χ1) is 9.31. The van der Waals surface area contributed by atoms with Gasteiger partial charge in [0, 0.05) is 5.56 Å². The molecule has 106 valence electrons. The summed E-state index contributed by atoms with van der Waals surface area (Å²) in [7, 11) is -4.28. The van der Waals surface area contributed by atoms with Gasteiger partial charge in [0.25, 0.3) is 5.92 Å². The Bertz CT molecular complexity index is 697. The highest BCUT2D eigenvalue weighted by molar-refractivity contribution is 7.91.